The molecule has 0 radical (unpaired) electrons. The lowest BCUT2D eigenvalue weighted by Gasteiger charge is -2.12. The quantitative estimate of drug-likeness (QED) is 0.584. The van der Waals surface area contributed by atoms with Crippen molar-refractivity contribution in [3.8, 4) is 0 Å². The van der Waals surface area contributed by atoms with Crippen molar-refractivity contribution in [2.24, 2.45) is 0 Å². The minimum absolute atomic E-state index is 0.130. The van der Waals surface area contributed by atoms with E-state index in [1.807, 2.05) is 30.3 Å². The number of hydrogen-bond donors (Lipinski definition) is 1. The third-order valence-corrected chi connectivity index (χ3v) is 2.24. The van der Waals surface area contributed by atoms with Crippen LogP contribution in [-0.4, -0.2) is 36.4 Å². The summed E-state index contributed by atoms with van der Waals surface area (Å²) in [7, 11) is 0. The maximum absolute atomic E-state index is 11.3. The molecule has 5 heteroatoms. The second-order valence-electron chi connectivity index (χ2n) is 3.58. The lowest BCUT2D eigenvalue weighted by atomic mass is 10.2. The van der Waals surface area contributed by atoms with Gasteiger partial charge in [-0.25, -0.2) is 9.59 Å². The van der Waals surface area contributed by atoms with Gasteiger partial charge in [0.25, 0.3) is 6.10 Å². The summed E-state index contributed by atoms with van der Waals surface area (Å²) in [6, 6.07) is 9.47. The summed E-state index contributed by atoms with van der Waals surface area (Å²) in [5, 5.41) is 8.84. The number of hydrogen-bond acceptors (Lipinski definition) is 4. The lowest BCUT2D eigenvalue weighted by molar-refractivity contribution is -0.169. The van der Waals surface area contributed by atoms with Crippen LogP contribution >= 0.6 is 0 Å². The van der Waals surface area contributed by atoms with E-state index >= 15 is 0 Å². The maximum atomic E-state index is 11.3. The summed E-state index contributed by atoms with van der Waals surface area (Å²) >= 11 is 0. The van der Waals surface area contributed by atoms with E-state index in [0.717, 1.165) is 5.56 Å². The fourth-order valence-electron chi connectivity index (χ4n) is 1.40. The molecule has 0 saturated carbocycles. The normalized spacial score (nSPS) is 11.8. The highest BCUT2D eigenvalue weighted by Crippen LogP contribution is 2.03. The summed E-state index contributed by atoms with van der Waals surface area (Å²) in [4.78, 5) is 22.1. The first-order valence-corrected chi connectivity index (χ1v) is 5.70. The van der Waals surface area contributed by atoms with E-state index in [0.29, 0.717) is 6.42 Å². The van der Waals surface area contributed by atoms with E-state index in [9.17, 15) is 9.59 Å². The van der Waals surface area contributed by atoms with Crippen molar-refractivity contribution in [3.63, 3.8) is 0 Å². The molecule has 0 fully saturated rings. The molecule has 1 aromatic rings. The fraction of sp³-hybridized carbons (Fsp3) is 0.385. The van der Waals surface area contributed by atoms with Gasteiger partial charge in [-0.3, -0.25) is 0 Å². The minimum atomic E-state index is -1.55. The van der Waals surface area contributed by atoms with E-state index < -0.39 is 18.0 Å². The van der Waals surface area contributed by atoms with Gasteiger partial charge in [0.15, 0.2) is 0 Å². The number of carboxylic acid groups (broad SMARTS) is 1. The topological polar surface area (TPSA) is 72.8 Å². The predicted octanol–water partition coefficient (Wildman–Crippen LogP) is 1.26. The third kappa shape index (κ3) is 4.55. The Morgan fingerprint density at radius 3 is 2.50 bits per heavy atom. The summed E-state index contributed by atoms with van der Waals surface area (Å²) in [6.07, 6.45) is -1.00. The smallest absolute Gasteiger partial charge is 0.347 e. The number of ether oxygens (including phenoxy) is 2. The molecule has 0 amide bonds. The molecule has 98 valence electrons. The largest absolute Gasteiger partial charge is 0.479 e. The Morgan fingerprint density at radius 1 is 1.28 bits per heavy atom. The Bertz CT molecular complexity index is 388. The van der Waals surface area contributed by atoms with Crippen LogP contribution in [-0.2, 0) is 25.5 Å². The fourth-order valence-corrected chi connectivity index (χ4v) is 1.40. The zero-order valence-corrected chi connectivity index (χ0v) is 10.2. The zero-order chi connectivity index (χ0) is 13.4. The Morgan fingerprint density at radius 2 is 1.94 bits per heavy atom. The van der Waals surface area contributed by atoms with Gasteiger partial charge in [0.1, 0.15) is 0 Å². The van der Waals surface area contributed by atoms with Gasteiger partial charge in [-0.05, 0) is 18.9 Å². The highest BCUT2D eigenvalue weighted by molar-refractivity contribution is 5.97. The minimum Gasteiger partial charge on any atom is -0.479 e. The summed E-state index contributed by atoms with van der Waals surface area (Å²) < 4.78 is 9.67. The number of aliphatic carboxylic acids is 1. The van der Waals surface area contributed by atoms with E-state index in [-0.39, 0.29) is 13.2 Å². The first-order chi connectivity index (χ1) is 8.65. The molecule has 18 heavy (non-hydrogen) atoms. The molecule has 1 unspecified atom stereocenters. The van der Waals surface area contributed by atoms with Gasteiger partial charge < -0.3 is 14.6 Å². The number of esters is 1. The van der Waals surface area contributed by atoms with E-state index in [4.69, 9.17) is 9.84 Å². The van der Waals surface area contributed by atoms with E-state index in [2.05, 4.69) is 4.74 Å². The molecule has 1 rings (SSSR count). The summed E-state index contributed by atoms with van der Waals surface area (Å²) in [6.45, 7) is 1.89. The van der Waals surface area contributed by atoms with Crippen molar-refractivity contribution in [1.82, 2.24) is 0 Å². The average molecular weight is 252 g/mol. The first kappa shape index (κ1) is 14.2. The van der Waals surface area contributed by atoms with Gasteiger partial charge in [0.2, 0.25) is 0 Å². The molecule has 1 aromatic carbocycles. The molecule has 0 aliphatic carbocycles. The van der Waals surface area contributed by atoms with Gasteiger partial charge in [0, 0.05) is 0 Å². The van der Waals surface area contributed by atoms with Crippen molar-refractivity contribution in [2.75, 3.05) is 13.2 Å². The Kier molecular flexibility index (Phi) is 5.87. The van der Waals surface area contributed by atoms with Crippen molar-refractivity contribution < 1.29 is 24.2 Å². The molecule has 0 spiro atoms. The molecule has 0 aliphatic heterocycles. The molecule has 0 bridgehead atoms. The number of carbonyl (C=O) groups excluding carboxylic acids is 1. The van der Waals surface area contributed by atoms with Crippen LogP contribution in [0.15, 0.2) is 30.3 Å². The van der Waals surface area contributed by atoms with Crippen LogP contribution in [0, 0.1) is 0 Å². The van der Waals surface area contributed by atoms with Gasteiger partial charge in [-0.1, -0.05) is 30.3 Å². The molecule has 1 N–H and O–H groups in total. The predicted molar refractivity (Wildman–Crippen MR) is 64.2 cm³/mol. The lowest BCUT2D eigenvalue weighted by Crippen LogP contribution is -2.35. The van der Waals surface area contributed by atoms with Crippen molar-refractivity contribution in [2.45, 2.75) is 19.4 Å². The SMILES string of the molecule is CCOC(=O)C(OCCc1ccccc1)C(=O)O. The van der Waals surface area contributed by atoms with Crippen LogP contribution in [0.3, 0.4) is 0 Å². The van der Waals surface area contributed by atoms with Crippen LogP contribution in [0.5, 0.6) is 0 Å². The standard InChI is InChI=1S/C13H16O5/c1-2-17-13(16)11(12(14)15)18-9-8-10-6-4-3-5-7-10/h3-7,11H,2,8-9H2,1H3,(H,14,15). The number of carboxylic acids is 1. The first-order valence-electron chi connectivity index (χ1n) is 5.70. The van der Waals surface area contributed by atoms with Gasteiger partial charge >= 0.3 is 11.9 Å². The van der Waals surface area contributed by atoms with Crippen LogP contribution in [0.4, 0.5) is 0 Å². The monoisotopic (exact) mass is 252 g/mol. The average Bonchev–Trinajstić information content (AvgIpc) is 2.35. The van der Waals surface area contributed by atoms with Crippen molar-refractivity contribution in [1.29, 1.82) is 0 Å². The Labute approximate surface area is 105 Å². The zero-order valence-electron chi connectivity index (χ0n) is 10.2. The highest BCUT2D eigenvalue weighted by Gasteiger charge is 2.28. The highest BCUT2D eigenvalue weighted by atomic mass is 16.6. The number of rotatable bonds is 7. The van der Waals surface area contributed by atoms with E-state index in [1.54, 1.807) is 6.92 Å². The Balaban J connectivity index is 2.43. The summed E-state index contributed by atoms with van der Waals surface area (Å²) in [5.74, 6) is -2.19. The van der Waals surface area contributed by atoms with Crippen LogP contribution in [0.2, 0.25) is 0 Å². The molecule has 0 heterocycles. The Hall–Kier alpha value is -1.88. The molecule has 0 aliphatic rings. The van der Waals surface area contributed by atoms with Crippen LogP contribution < -0.4 is 0 Å². The molecular formula is C13H16O5. The molecule has 0 aromatic heterocycles. The molecule has 0 saturated heterocycles. The molecule has 5 nitrogen and oxygen atoms in total. The van der Waals surface area contributed by atoms with Crippen molar-refractivity contribution in [3.05, 3.63) is 35.9 Å². The van der Waals surface area contributed by atoms with E-state index in [1.165, 1.54) is 0 Å². The maximum Gasteiger partial charge on any atom is 0.347 e. The molecular weight excluding hydrogens is 236 g/mol. The van der Waals surface area contributed by atoms with Gasteiger partial charge in [-0.2, -0.15) is 0 Å². The number of benzene rings is 1. The summed E-state index contributed by atoms with van der Waals surface area (Å²) in [5.41, 5.74) is 1.02. The number of carbonyl (C=O) groups is 2. The van der Waals surface area contributed by atoms with Gasteiger partial charge in [-0.15, -0.1) is 0 Å². The third-order valence-electron chi connectivity index (χ3n) is 2.24. The van der Waals surface area contributed by atoms with Gasteiger partial charge in [0.05, 0.1) is 13.2 Å². The van der Waals surface area contributed by atoms with Crippen LogP contribution in [0.1, 0.15) is 12.5 Å². The van der Waals surface area contributed by atoms with Crippen LogP contribution in [0.25, 0.3) is 0 Å². The second kappa shape index (κ2) is 7.45. The second-order valence-corrected chi connectivity index (χ2v) is 3.58. The molecule has 1 atom stereocenters. The van der Waals surface area contributed by atoms with Crippen molar-refractivity contribution >= 4 is 11.9 Å².